The van der Waals surface area contributed by atoms with Gasteiger partial charge in [-0.05, 0) is 95.0 Å². The second-order valence-corrected chi connectivity index (χ2v) is 22.6. The lowest BCUT2D eigenvalue weighted by molar-refractivity contribution is 0.0447. The van der Waals surface area contributed by atoms with Gasteiger partial charge in [0.05, 0.1) is 28.2 Å². The Hall–Kier alpha value is -2.90. The SMILES string of the molecule is C[C@@]1(O)CCCN(c2nc(OCC34CCCN3CCC4)nc3c(F)c(-c4c(C5CC5)c(Cl)cc5c4cnn5COCC[Si](C)(C)C)ncc23)C1. The minimum Gasteiger partial charge on any atom is -0.461 e. The normalized spacial score (nSPS) is 22.6. The van der Waals surface area contributed by atoms with E-state index in [4.69, 9.17) is 36.0 Å². The van der Waals surface area contributed by atoms with Gasteiger partial charge >= 0.3 is 6.01 Å². The Balaban J connectivity index is 1.22. The summed E-state index contributed by atoms with van der Waals surface area (Å²) in [6.45, 7) is 13.5. The molecule has 4 aliphatic rings. The number of hydrogen-bond donors (Lipinski definition) is 1. The van der Waals surface area contributed by atoms with Crippen LogP contribution in [0.3, 0.4) is 0 Å². The predicted octanol–water partition coefficient (Wildman–Crippen LogP) is 7.38. The summed E-state index contributed by atoms with van der Waals surface area (Å²) in [5.74, 6) is 0.230. The smallest absolute Gasteiger partial charge is 0.319 e. The van der Waals surface area contributed by atoms with Crippen molar-refractivity contribution in [3.8, 4) is 17.3 Å². The van der Waals surface area contributed by atoms with E-state index in [1.807, 2.05) is 17.9 Å². The van der Waals surface area contributed by atoms with E-state index in [1.165, 1.54) is 0 Å². The molecule has 50 heavy (non-hydrogen) atoms. The van der Waals surface area contributed by atoms with E-state index in [2.05, 4.69) is 29.6 Å². The highest BCUT2D eigenvalue weighted by molar-refractivity contribution is 6.76. The Kier molecular flexibility index (Phi) is 8.85. The molecule has 0 bridgehead atoms. The number of fused-ring (bicyclic) bond motifs is 3. The van der Waals surface area contributed by atoms with Crippen molar-refractivity contribution in [3.05, 3.63) is 34.9 Å². The van der Waals surface area contributed by atoms with Gasteiger partial charge in [-0.3, -0.25) is 9.88 Å². The number of benzene rings is 1. The predicted molar refractivity (Wildman–Crippen MR) is 197 cm³/mol. The Bertz CT molecular complexity index is 1920. The zero-order chi connectivity index (χ0) is 34.8. The number of β-amino-alcohol motifs (C(OH)–C–C–N with tert-alkyl or cyclic N) is 1. The van der Waals surface area contributed by atoms with Crippen molar-refractivity contribution < 1.29 is 19.0 Å². The molecule has 13 heteroatoms. The molecule has 1 aromatic carbocycles. The van der Waals surface area contributed by atoms with E-state index in [0.717, 1.165) is 80.5 Å². The quantitative estimate of drug-likeness (QED) is 0.126. The molecule has 0 unspecified atom stereocenters. The number of ether oxygens (including phenoxy) is 2. The molecule has 4 aromatic rings. The zero-order valence-corrected chi connectivity index (χ0v) is 31.5. The largest absolute Gasteiger partial charge is 0.461 e. The topological polar surface area (TPSA) is 102 Å². The molecule has 0 spiro atoms. The van der Waals surface area contributed by atoms with Crippen molar-refractivity contribution in [2.45, 2.75) is 108 Å². The third-order valence-corrected chi connectivity index (χ3v) is 13.3. The Labute approximate surface area is 299 Å². The minimum absolute atomic E-state index is 0.0145. The van der Waals surface area contributed by atoms with E-state index in [-0.39, 0.29) is 35.4 Å². The van der Waals surface area contributed by atoms with Crippen molar-refractivity contribution in [3.63, 3.8) is 0 Å². The molecule has 6 heterocycles. The fourth-order valence-corrected chi connectivity index (χ4v) is 9.53. The summed E-state index contributed by atoms with van der Waals surface area (Å²) in [4.78, 5) is 19.0. The Morgan fingerprint density at radius 3 is 2.52 bits per heavy atom. The fourth-order valence-electron chi connectivity index (χ4n) is 8.42. The first-order chi connectivity index (χ1) is 23.9. The molecular weight excluding hydrogens is 673 g/mol. The van der Waals surface area contributed by atoms with Crippen molar-refractivity contribution in [1.29, 1.82) is 0 Å². The van der Waals surface area contributed by atoms with E-state index in [1.54, 1.807) is 17.1 Å². The lowest BCUT2D eigenvalue weighted by Gasteiger charge is -2.38. The van der Waals surface area contributed by atoms with Crippen LogP contribution in [0.15, 0.2) is 18.5 Å². The van der Waals surface area contributed by atoms with Crippen molar-refractivity contribution in [2.24, 2.45) is 0 Å². The molecule has 1 atom stereocenters. The minimum atomic E-state index is -1.24. The van der Waals surface area contributed by atoms with Crippen molar-refractivity contribution >= 4 is 47.3 Å². The lowest BCUT2D eigenvalue weighted by Crippen LogP contribution is -2.46. The molecule has 3 aromatic heterocycles. The van der Waals surface area contributed by atoms with Crippen LogP contribution >= 0.6 is 11.6 Å². The van der Waals surface area contributed by atoms with Gasteiger partial charge in [-0.1, -0.05) is 31.2 Å². The van der Waals surface area contributed by atoms with Gasteiger partial charge in [-0.25, -0.2) is 9.07 Å². The molecule has 3 saturated heterocycles. The zero-order valence-electron chi connectivity index (χ0n) is 29.8. The van der Waals surface area contributed by atoms with Gasteiger partial charge in [0.15, 0.2) is 5.82 Å². The monoisotopic (exact) mass is 721 g/mol. The second kappa shape index (κ2) is 12.9. The van der Waals surface area contributed by atoms with Gasteiger partial charge in [0.25, 0.3) is 0 Å². The maximum absolute atomic E-state index is 17.3. The summed E-state index contributed by atoms with van der Waals surface area (Å²) in [7, 11) is -1.24. The van der Waals surface area contributed by atoms with E-state index in [9.17, 15) is 5.11 Å². The maximum Gasteiger partial charge on any atom is 0.319 e. The number of aromatic nitrogens is 5. The van der Waals surface area contributed by atoms with Crippen LogP contribution < -0.4 is 9.64 Å². The number of halogens is 2. The summed E-state index contributed by atoms with van der Waals surface area (Å²) in [5.41, 5.74) is 1.80. The van der Waals surface area contributed by atoms with E-state index >= 15 is 4.39 Å². The van der Waals surface area contributed by atoms with Crippen LogP contribution in [0.4, 0.5) is 10.2 Å². The van der Waals surface area contributed by atoms with Gasteiger partial charge in [0.2, 0.25) is 0 Å². The first-order valence-corrected chi connectivity index (χ1v) is 22.5. The molecule has 268 valence electrons. The van der Waals surface area contributed by atoms with Crippen molar-refractivity contribution in [1.82, 2.24) is 29.6 Å². The van der Waals surface area contributed by atoms with Crippen molar-refractivity contribution in [2.75, 3.05) is 44.3 Å². The highest BCUT2D eigenvalue weighted by Gasteiger charge is 2.45. The van der Waals surface area contributed by atoms with Crippen LogP contribution in [0.5, 0.6) is 6.01 Å². The van der Waals surface area contributed by atoms with Gasteiger partial charge in [0.1, 0.15) is 30.4 Å². The number of pyridine rings is 1. The molecule has 4 fully saturated rings. The van der Waals surface area contributed by atoms with Crippen LogP contribution in [-0.2, 0) is 11.5 Å². The number of anilines is 1. The van der Waals surface area contributed by atoms with E-state index < -0.39 is 19.5 Å². The third-order valence-electron chi connectivity index (χ3n) is 11.3. The molecule has 0 amide bonds. The molecule has 3 aliphatic heterocycles. The third kappa shape index (κ3) is 6.51. The van der Waals surface area contributed by atoms with Gasteiger partial charge in [-0.15, -0.1) is 0 Å². The average Bonchev–Trinajstić information content (AvgIpc) is 3.51. The second-order valence-electron chi connectivity index (χ2n) is 16.6. The molecule has 1 saturated carbocycles. The first kappa shape index (κ1) is 34.2. The number of rotatable bonds is 11. The van der Waals surface area contributed by atoms with Crippen LogP contribution in [0, 0.1) is 5.82 Å². The molecule has 1 aliphatic carbocycles. The summed E-state index contributed by atoms with van der Waals surface area (Å²) in [6.07, 6.45) is 11.4. The van der Waals surface area contributed by atoms with Crippen LogP contribution in [0.1, 0.15) is 69.8 Å². The summed E-state index contributed by atoms with van der Waals surface area (Å²) >= 11 is 7.03. The van der Waals surface area contributed by atoms with Gasteiger partial charge < -0.3 is 19.5 Å². The Morgan fingerprint density at radius 1 is 1.04 bits per heavy atom. The first-order valence-electron chi connectivity index (χ1n) is 18.4. The van der Waals surface area contributed by atoms with Gasteiger partial charge in [-0.2, -0.15) is 15.1 Å². The summed E-state index contributed by atoms with van der Waals surface area (Å²) < 4.78 is 31.6. The van der Waals surface area contributed by atoms with E-state index in [0.29, 0.717) is 54.5 Å². The molecule has 1 N–H and O–H groups in total. The lowest BCUT2D eigenvalue weighted by atomic mass is 9.94. The van der Waals surface area contributed by atoms with Gasteiger partial charge in [0, 0.05) is 49.9 Å². The number of piperidine rings is 1. The highest BCUT2D eigenvalue weighted by Crippen LogP contribution is 2.51. The fraction of sp³-hybridized carbons (Fsp3) is 0.622. The standard InChI is InChI=1S/C37H49ClFN7O3Si/c1-36(47)10-5-13-44(21-36)34-26-19-40-33(31(39)32(26)42-35(43-34)49-22-37-11-6-14-45(37)15-7-12-37)30-25-20-41-46(23-48-16-17-50(2,3)4)28(25)18-27(38)29(30)24-8-9-24/h18-20,24,47H,5-17,21-23H2,1-4H3/t36-/m1/s1. The average molecular weight is 722 g/mol. The Morgan fingerprint density at radius 2 is 1.80 bits per heavy atom. The summed E-state index contributed by atoms with van der Waals surface area (Å²) in [6, 6.07) is 3.15. The van der Waals surface area contributed by atoms with Crippen LogP contribution in [0.25, 0.3) is 33.1 Å². The molecular formula is C37H49ClFN7O3Si. The van der Waals surface area contributed by atoms with Crippen LogP contribution in [0.2, 0.25) is 30.7 Å². The maximum atomic E-state index is 17.3. The highest BCUT2D eigenvalue weighted by atomic mass is 35.5. The number of nitrogens with zero attached hydrogens (tertiary/aromatic N) is 7. The number of aliphatic hydroxyl groups is 1. The summed E-state index contributed by atoms with van der Waals surface area (Å²) in [5, 5.41) is 17.6. The molecule has 0 radical (unpaired) electrons. The van der Waals surface area contributed by atoms with Crippen LogP contribution in [-0.4, -0.2) is 93.3 Å². The molecule has 10 nitrogen and oxygen atoms in total. The number of hydrogen-bond acceptors (Lipinski definition) is 9. The molecule has 8 rings (SSSR count).